The first-order valence-electron chi connectivity index (χ1n) is 8.50. The number of nitrogens with zero attached hydrogens (tertiary/aromatic N) is 1. The van der Waals surface area contributed by atoms with E-state index in [2.05, 4.69) is 20.9 Å². The van der Waals surface area contributed by atoms with Gasteiger partial charge in [0.25, 0.3) is 0 Å². The van der Waals surface area contributed by atoms with Gasteiger partial charge in [-0.2, -0.15) is 0 Å². The van der Waals surface area contributed by atoms with Crippen LogP contribution in [0, 0.1) is 0 Å². The Morgan fingerprint density at radius 1 is 1.19 bits per heavy atom. The molecule has 1 aromatic carbocycles. The van der Waals surface area contributed by atoms with Crippen molar-refractivity contribution in [3.8, 4) is 0 Å². The molecule has 9 heteroatoms. The molecule has 0 spiro atoms. The lowest BCUT2D eigenvalue weighted by Crippen LogP contribution is -2.46. The monoisotopic (exact) mass is 377 g/mol. The van der Waals surface area contributed by atoms with E-state index in [-0.39, 0.29) is 11.8 Å². The van der Waals surface area contributed by atoms with Gasteiger partial charge in [0.15, 0.2) is 5.13 Å². The number of fused-ring (bicyclic) bond motifs is 1. The third-order valence-electron chi connectivity index (χ3n) is 3.59. The first kappa shape index (κ1) is 19.6. The molecule has 0 aliphatic carbocycles. The van der Waals surface area contributed by atoms with Crippen molar-refractivity contribution in [3.05, 3.63) is 18.2 Å². The van der Waals surface area contributed by atoms with Crippen molar-refractivity contribution in [2.75, 3.05) is 10.6 Å². The Morgan fingerprint density at radius 3 is 2.62 bits per heavy atom. The van der Waals surface area contributed by atoms with Gasteiger partial charge in [0, 0.05) is 12.1 Å². The summed E-state index contributed by atoms with van der Waals surface area (Å²) in [7, 11) is 0. The number of rotatable bonds is 8. The second-order valence-corrected chi connectivity index (χ2v) is 6.87. The predicted molar refractivity (Wildman–Crippen MR) is 103 cm³/mol. The largest absolute Gasteiger partial charge is 0.352 e. The highest BCUT2D eigenvalue weighted by atomic mass is 32.1. The van der Waals surface area contributed by atoms with Gasteiger partial charge in [-0.15, -0.1) is 0 Å². The molecule has 0 aliphatic heterocycles. The number of thiazole rings is 1. The molecular formula is C17H23N5O3S. The Balaban J connectivity index is 2.11. The molecule has 1 aromatic heterocycles. The fourth-order valence-electron chi connectivity index (χ4n) is 2.42. The van der Waals surface area contributed by atoms with Crippen LogP contribution in [-0.4, -0.2) is 28.9 Å². The van der Waals surface area contributed by atoms with E-state index in [1.807, 2.05) is 13.8 Å². The van der Waals surface area contributed by atoms with Gasteiger partial charge in [0.2, 0.25) is 11.8 Å². The van der Waals surface area contributed by atoms with Gasteiger partial charge < -0.3 is 21.7 Å². The molecule has 5 N–H and O–H groups in total. The number of nitrogens with one attached hydrogen (secondary N) is 3. The van der Waals surface area contributed by atoms with Crippen LogP contribution in [0.3, 0.4) is 0 Å². The summed E-state index contributed by atoms with van der Waals surface area (Å²) in [6.45, 7) is 3.85. The summed E-state index contributed by atoms with van der Waals surface area (Å²) < 4.78 is 0.838. The minimum absolute atomic E-state index is 0.0694. The molecule has 0 radical (unpaired) electrons. The third-order valence-corrected chi connectivity index (χ3v) is 4.52. The zero-order valence-electron chi connectivity index (χ0n) is 14.8. The van der Waals surface area contributed by atoms with Gasteiger partial charge in [-0.3, -0.25) is 9.59 Å². The Morgan fingerprint density at radius 2 is 1.96 bits per heavy atom. The van der Waals surface area contributed by atoms with Crippen molar-refractivity contribution < 1.29 is 14.4 Å². The lowest BCUT2D eigenvalue weighted by Gasteiger charge is -2.16. The normalized spacial score (nSPS) is 11.8. The van der Waals surface area contributed by atoms with Gasteiger partial charge in [0.05, 0.1) is 10.2 Å². The van der Waals surface area contributed by atoms with E-state index in [1.165, 1.54) is 11.3 Å². The van der Waals surface area contributed by atoms with Crippen molar-refractivity contribution >= 4 is 50.2 Å². The first-order valence-corrected chi connectivity index (χ1v) is 9.31. The smallest absolute Gasteiger partial charge is 0.312 e. The maximum absolute atomic E-state index is 12.3. The molecule has 0 unspecified atom stereocenters. The van der Waals surface area contributed by atoms with E-state index in [4.69, 9.17) is 5.73 Å². The average Bonchev–Trinajstić information content (AvgIpc) is 2.95. The zero-order valence-corrected chi connectivity index (χ0v) is 15.6. The highest BCUT2D eigenvalue weighted by molar-refractivity contribution is 7.22. The Kier molecular flexibility index (Phi) is 6.90. The molecule has 2 aromatic rings. The number of carbonyl (C=O) groups excluding carboxylic acids is 3. The summed E-state index contributed by atoms with van der Waals surface area (Å²) >= 11 is 1.34. The fraction of sp³-hybridized carbons (Fsp3) is 0.412. The SMILES string of the molecule is CCCC(=O)Nc1nc2ccc(NC(=O)[C@@H](CCC)NC(N)=O)cc2s1. The van der Waals surface area contributed by atoms with Crippen LogP contribution in [-0.2, 0) is 9.59 Å². The minimum atomic E-state index is -0.732. The maximum Gasteiger partial charge on any atom is 0.312 e. The molecule has 1 heterocycles. The molecule has 8 nitrogen and oxygen atoms in total. The summed E-state index contributed by atoms with van der Waals surface area (Å²) in [5.41, 5.74) is 6.45. The molecule has 0 saturated heterocycles. The Hall–Kier alpha value is -2.68. The van der Waals surface area contributed by atoms with E-state index in [1.54, 1.807) is 18.2 Å². The lowest BCUT2D eigenvalue weighted by atomic mass is 10.1. The van der Waals surface area contributed by atoms with Gasteiger partial charge in [0.1, 0.15) is 6.04 Å². The summed E-state index contributed by atoms with van der Waals surface area (Å²) in [5, 5.41) is 8.52. The maximum atomic E-state index is 12.3. The fourth-order valence-corrected chi connectivity index (χ4v) is 3.34. The quantitative estimate of drug-likeness (QED) is 0.564. The van der Waals surface area contributed by atoms with E-state index in [0.717, 1.165) is 23.1 Å². The number of amides is 4. The molecule has 0 bridgehead atoms. The molecular weight excluding hydrogens is 354 g/mol. The average molecular weight is 377 g/mol. The lowest BCUT2D eigenvalue weighted by molar-refractivity contribution is -0.118. The number of anilines is 2. The summed E-state index contributed by atoms with van der Waals surface area (Å²) in [4.78, 5) is 39.4. The molecule has 140 valence electrons. The number of aromatic nitrogens is 1. The third kappa shape index (κ3) is 5.41. The number of primary amides is 1. The molecule has 26 heavy (non-hydrogen) atoms. The molecule has 0 fully saturated rings. The number of hydrogen-bond donors (Lipinski definition) is 4. The zero-order chi connectivity index (χ0) is 19.1. The number of carbonyl (C=O) groups is 3. The molecule has 4 amide bonds. The second kappa shape index (κ2) is 9.14. The second-order valence-electron chi connectivity index (χ2n) is 5.84. The summed E-state index contributed by atoms with van der Waals surface area (Å²) in [5.74, 6) is -0.397. The van der Waals surface area contributed by atoms with Gasteiger partial charge >= 0.3 is 6.03 Å². The van der Waals surface area contributed by atoms with Crippen molar-refractivity contribution in [2.45, 2.75) is 45.6 Å². The highest BCUT2D eigenvalue weighted by Gasteiger charge is 2.19. The Bertz CT molecular complexity index is 805. The van der Waals surface area contributed by atoms with Gasteiger partial charge in [-0.1, -0.05) is 31.6 Å². The predicted octanol–water partition coefficient (Wildman–Crippen LogP) is 2.81. The van der Waals surface area contributed by atoms with Crippen LogP contribution in [0.5, 0.6) is 0 Å². The number of nitrogens with two attached hydrogens (primary N) is 1. The molecule has 0 saturated carbocycles. The number of benzene rings is 1. The van der Waals surface area contributed by atoms with Crippen molar-refractivity contribution in [3.63, 3.8) is 0 Å². The molecule has 1 atom stereocenters. The van der Waals surface area contributed by atoms with Crippen LogP contribution < -0.4 is 21.7 Å². The van der Waals surface area contributed by atoms with Gasteiger partial charge in [-0.05, 0) is 31.0 Å². The topological polar surface area (TPSA) is 126 Å². The van der Waals surface area contributed by atoms with Crippen LogP contribution in [0.4, 0.5) is 15.6 Å². The Labute approximate surface area is 155 Å². The van der Waals surface area contributed by atoms with E-state index in [9.17, 15) is 14.4 Å². The van der Waals surface area contributed by atoms with Crippen molar-refractivity contribution in [2.24, 2.45) is 5.73 Å². The van der Waals surface area contributed by atoms with E-state index in [0.29, 0.717) is 23.7 Å². The number of hydrogen-bond acceptors (Lipinski definition) is 5. The van der Waals surface area contributed by atoms with Crippen LogP contribution >= 0.6 is 11.3 Å². The van der Waals surface area contributed by atoms with E-state index < -0.39 is 12.1 Å². The molecule has 2 rings (SSSR count). The van der Waals surface area contributed by atoms with Crippen molar-refractivity contribution in [1.82, 2.24) is 10.3 Å². The standard InChI is InChI=1S/C17H23N5O3S/c1-3-5-12(20-16(18)25)15(24)19-10-7-8-11-13(9-10)26-17(21-11)22-14(23)6-4-2/h7-9,12H,3-6H2,1-2H3,(H,19,24)(H3,18,20,25)(H,21,22,23)/t12-/m1/s1. The molecule has 0 aliphatic rings. The highest BCUT2D eigenvalue weighted by Crippen LogP contribution is 2.28. The first-order chi connectivity index (χ1) is 12.4. The number of urea groups is 1. The van der Waals surface area contributed by atoms with Crippen LogP contribution in [0.1, 0.15) is 39.5 Å². The van der Waals surface area contributed by atoms with E-state index >= 15 is 0 Å². The van der Waals surface area contributed by atoms with Crippen LogP contribution in [0.2, 0.25) is 0 Å². The van der Waals surface area contributed by atoms with Gasteiger partial charge in [-0.25, -0.2) is 9.78 Å². The summed E-state index contributed by atoms with van der Waals surface area (Å²) in [6, 6.07) is 3.87. The van der Waals surface area contributed by atoms with Crippen molar-refractivity contribution in [1.29, 1.82) is 0 Å². The van der Waals surface area contributed by atoms with Crippen LogP contribution in [0.15, 0.2) is 18.2 Å². The minimum Gasteiger partial charge on any atom is -0.352 e. The summed E-state index contributed by atoms with van der Waals surface area (Å²) in [6.07, 6.45) is 2.44. The van der Waals surface area contributed by atoms with Crippen LogP contribution in [0.25, 0.3) is 10.2 Å².